The maximum atomic E-state index is 11.7. The summed E-state index contributed by atoms with van der Waals surface area (Å²) in [5.41, 5.74) is 0.0426. The van der Waals surface area contributed by atoms with Crippen molar-refractivity contribution in [2.75, 3.05) is 0 Å². The van der Waals surface area contributed by atoms with Gasteiger partial charge < -0.3 is 0 Å². The number of hydrogen-bond acceptors (Lipinski definition) is 2. The molecule has 0 aliphatic heterocycles. The third-order valence-electron chi connectivity index (χ3n) is 3.05. The first kappa shape index (κ1) is 11.1. The van der Waals surface area contributed by atoms with Crippen LogP contribution >= 0.6 is 22.6 Å². The smallest absolute Gasteiger partial charge is 0.268 e. The highest BCUT2D eigenvalue weighted by atomic mass is 127. The van der Waals surface area contributed by atoms with Gasteiger partial charge in [-0.05, 0) is 41.4 Å². The topological polar surface area (TPSA) is 34.9 Å². The van der Waals surface area contributed by atoms with Gasteiger partial charge in [-0.2, -0.15) is 5.10 Å². The highest BCUT2D eigenvalue weighted by Gasteiger charge is 2.21. The molecule has 0 spiro atoms. The highest BCUT2D eigenvalue weighted by molar-refractivity contribution is 14.1. The van der Waals surface area contributed by atoms with E-state index in [2.05, 4.69) is 34.6 Å². The molecule has 0 radical (unpaired) electrons. The predicted octanol–water partition coefficient (Wildman–Crippen LogP) is 2.60. The zero-order valence-electron chi connectivity index (χ0n) is 8.82. The van der Waals surface area contributed by atoms with Crippen LogP contribution in [0.4, 0.5) is 0 Å². The van der Waals surface area contributed by atoms with Crippen LogP contribution in [0, 0.1) is 9.49 Å². The monoisotopic (exact) mass is 318 g/mol. The lowest BCUT2D eigenvalue weighted by Gasteiger charge is -2.27. The van der Waals surface area contributed by atoms with Crippen LogP contribution in [0.5, 0.6) is 0 Å². The molecule has 2 atom stereocenters. The van der Waals surface area contributed by atoms with Gasteiger partial charge in [0.2, 0.25) is 0 Å². The average molecular weight is 318 g/mol. The average Bonchev–Trinajstić information content (AvgIpc) is 2.17. The van der Waals surface area contributed by atoms with Gasteiger partial charge in [0.25, 0.3) is 5.56 Å². The number of rotatable bonds is 1. The predicted molar refractivity (Wildman–Crippen MR) is 67.9 cm³/mol. The van der Waals surface area contributed by atoms with Gasteiger partial charge in [-0.15, -0.1) is 0 Å². The third kappa shape index (κ3) is 2.59. The van der Waals surface area contributed by atoms with Crippen molar-refractivity contribution < 1.29 is 0 Å². The van der Waals surface area contributed by atoms with E-state index in [9.17, 15) is 4.79 Å². The van der Waals surface area contributed by atoms with Gasteiger partial charge >= 0.3 is 0 Å². The molecule has 1 aliphatic carbocycles. The summed E-state index contributed by atoms with van der Waals surface area (Å²) < 4.78 is 2.58. The lowest BCUT2D eigenvalue weighted by Crippen LogP contribution is -2.29. The first-order valence-corrected chi connectivity index (χ1v) is 6.49. The van der Waals surface area contributed by atoms with Gasteiger partial charge in [0.1, 0.15) is 0 Å². The van der Waals surface area contributed by atoms with Crippen molar-refractivity contribution in [1.82, 2.24) is 9.78 Å². The van der Waals surface area contributed by atoms with E-state index in [4.69, 9.17) is 0 Å². The van der Waals surface area contributed by atoms with Crippen LogP contribution in [0.1, 0.15) is 38.6 Å². The van der Waals surface area contributed by atoms with Crippen LogP contribution in [-0.2, 0) is 0 Å². The van der Waals surface area contributed by atoms with E-state index in [0.29, 0.717) is 6.04 Å². The van der Waals surface area contributed by atoms with Crippen molar-refractivity contribution in [3.63, 3.8) is 0 Å². The summed E-state index contributed by atoms with van der Waals surface area (Å²) in [5.74, 6) is 0.719. The number of aromatic nitrogens is 2. The van der Waals surface area contributed by atoms with Gasteiger partial charge in [-0.25, -0.2) is 4.68 Å². The van der Waals surface area contributed by atoms with Crippen molar-refractivity contribution in [2.24, 2.45) is 5.92 Å². The Morgan fingerprint density at radius 2 is 2.33 bits per heavy atom. The Hall–Kier alpha value is -0.390. The zero-order chi connectivity index (χ0) is 10.8. The molecular weight excluding hydrogens is 303 g/mol. The van der Waals surface area contributed by atoms with E-state index in [-0.39, 0.29) is 5.56 Å². The summed E-state index contributed by atoms with van der Waals surface area (Å²) in [7, 11) is 0. The Morgan fingerprint density at radius 1 is 1.53 bits per heavy atom. The van der Waals surface area contributed by atoms with Crippen LogP contribution in [0.15, 0.2) is 17.1 Å². The lowest BCUT2D eigenvalue weighted by atomic mass is 9.87. The molecular formula is C11H15IN2O. The third-order valence-corrected chi connectivity index (χ3v) is 3.64. The molecule has 1 aromatic rings. The minimum atomic E-state index is 0.0426. The first-order valence-electron chi connectivity index (χ1n) is 5.41. The van der Waals surface area contributed by atoms with E-state index in [1.807, 2.05) is 0 Å². The fraction of sp³-hybridized carbons (Fsp3) is 0.636. The molecule has 82 valence electrons. The molecule has 1 aliphatic rings. The molecule has 0 aromatic carbocycles. The Morgan fingerprint density at radius 3 is 3.00 bits per heavy atom. The second kappa shape index (κ2) is 4.63. The Labute approximate surface area is 103 Å². The fourth-order valence-electron chi connectivity index (χ4n) is 2.29. The van der Waals surface area contributed by atoms with Crippen molar-refractivity contribution >= 4 is 22.6 Å². The van der Waals surface area contributed by atoms with Gasteiger partial charge in [0.15, 0.2) is 0 Å². The summed E-state index contributed by atoms with van der Waals surface area (Å²) >= 11 is 2.12. The van der Waals surface area contributed by atoms with Gasteiger partial charge in [0.05, 0.1) is 12.2 Å². The molecule has 0 saturated heterocycles. The standard InChI is InChI=1S/C11H15IN2O/c1-8-3-2-4-10(5-8)14-11(15)6-9(12)7-13-14/h6-8,10H,2-5H2,1H3. The Balaban J connectivity index is 2.25. The molecule has 4 heteroatoms. The molecule has 1 fully saturated rings. The van der Waals surface area contributed by atoms with E-state index < -0.39 is 0 Å². The number of hydrogen-bond donors (Lipinski definition) is 0. The molecule has 0 amide bonds. The van der Waals surface area contributed by atoms with Crippen molar-refractivity contribution in [1.29, 1.82) is 0 Å². The molecule has 1 saturated carbocycles. The van der Waals surface area contributed by atoms with Crippen LogP contribution in [0.2, 0.25) is 0 Å². The maximum absolute atomic E-state index is 11.7. The number of halogens is 1. The van der Waals surface area contributed by atoms with Crippen LogP contribution in [-0.4, -0.2) is 9.78 Å². The molecule has 0 bridgehead atoms. The van der Waals surface area contributed by atoms with E-state index in [1.54, 1.807) is 16.9 Å². The van der Waals surface area contributed by atoms with Crippen molar-refractivity contribution in [3.05, 3.63) is 26.2 Å². The molecule has 2 unspecified atom stereocenters. The lowest BCUT2D eigenvalue weighted by molar-refractivity contribution is 0.259. The minimum Gasteiger partial charge on any atom is -0.268 e. The summed E-state index contributed by atoms with van der Waals surface area (Å²) in [6, 6.07) is 1.98. The van der Waals surface area contributed by atoms with Gasteiger partial charge in [-0.3, -0.25) is 4.79 Å². The summed E-state index contributed by atoms with van der Waals surface area (Å²) in [4.78, 5) is 11.7. The summed E-state index contributed by atoms with van der Waals surface area (Å²) in [6.45, 7) is 2.25. The Bertz CT molecular complexity index is 402. The summed E-state index contributed by atoms with van der Waals surface area (Å²) in [5, 5.41) is 4.23. The molecule has 1 heterocycles. The SMILES string of the molecule is CC1CCCC(n2ncc(I)cc2=O)C1. The largest absolute Gasteiger partial charge is 0.268 e. The van der Waals surface area contributed by atoms with E-state index in [0.717, 1.165) is 22.3 Å². The molecule has 1 aromatic heterocycles. The van der Waals surface area contributed by atoms with Gasteiger partial charge in [-0.1, -0.05) is 19.8 Å². The molecule has 15 heavy (non-hydrogen) atoms. The van der Waals surface area contributed by atoms with Gasteiger partial charge in [0, 0.05) is 9.64 Å². The molecule has 2 rings (SSSR count). The normalized spacial score (nSPS) is 26.5. The van der Waals surface area contributed by atoms with Crippen LogP contribution in [0.3, 0.4) is 0 Å². The van der Waals surface area contributed by atoms with Crippen molar-refractivity contribution in [2.45, 2.75) is 38.6 Å². The second-order valence-electron chi connectivity index (χ2n) is 4.38. The highest BCUT2D eigenvalue weighted by Crippen LogP contribution is 2.30. The van der Waals surface area contributed by atoms with E-state index in [1.165, 1.54) is 12.8 Å². The first-order chi connectivity index (χ1) is 7.16. The number of nitrogens with zero attached hydrogens (tertiary/aromatic N) is 2. The maximum Gasteiger partial charge on any atom is 0.268 e. The second-order valence-corrected chi connectivity index (χ2v) is 5.63. The Kier molecular flexibility index (Phi) is 3.43. The summed E-state index contributed by atoms with van der Waals surface area (Å²) in [6.07, 6.45) is 6.45. The van der Waals surface area contributed by atoms with Crippen LogP contribution < -0.4 is 5.56 Å². The quantitative estimate of drug-likeness (QED) is 0.746. The molecule has 3 nitrogen and oxygen atoms in total. The fourth-order valence-corrected chi connectivity index (χ4v) is 2.69. The van der Waals surface area contributed by atoms with Crippen molar-refractivity contribution in [3.8, 4) is 0 Å². The molecule has 0 N–H and O–H groups in total. The minimum absolute atomic E-state index is 0.0426. The van der Waals surface area contributed by atoms with E-state index >= 15 is 0 Å². The van der Waals surface area contributed by atoms with Crippen LogP contribution in [0.25, 0.3) is 0 Å². The zero-order valence-corrected chi connectivity index (χ0v) is 11.0.